The summed E-state index contributed by atoms with van der Waals surface area (Å²) in [6.07, 6.45) is 0. The highest BCUT2D eigenvalue weighted by atomic mass is 32.2. The molecule has 0 unspecified atom stereocenters. The number of rotatable bonds is 2. The summed E-state index contributed by atoms with van der Waals surface area (Å²) in [7, 11) is 0. The Hall–Kier alpha value is -1.95. The van der Waals surface area contributed by atoms with Crippen LogP contribution in [-0.2, 0) is 0 Å². The van der Waals surface area contributed by atoms with Crippen molar-refractivity contribution in [3.63, 3.8) is 0 Å². The second-order valence-electron chi connectivity index (χ2n) is 5.42. The number of amides is 1. The van der Waals surface area contributed by atoms with Gasteiger partial charge in [0.1, 0.15) is 17.1 Å². The number of nitrogens with zero attached hydrogens (tertiary/aromatic N) is 1. The predicted molar refractivity (Wildman–Crippen MR) is 86.3 cm³/mol. The predicted octanol–water partition coefficient (Wildman–Crippen LogP) is 2.52. The summed E-state index contributed by atoms with van der Waals surface area (Å²) in [4.78, 5) is 29.2. The van der Waals surface area contributed by atoms with E-state index in [4.69, 9.17) is 4.42 Å². The van der Waals surface area contributed by atoms with E-state index in [-0.39, 0.29) is 23.1 Å². The number of carbonyl (C=O) groups excluding carboxylic acids is 1. The summed E-state index contributed by atoms with van der Waals surface area (Å²) >= 11 is 1.79. The Labute approximate surface area is 132 Å². The van der Waals surface area contributed by atoms with Gasteiger partial charge in [0, 0.05) is 23.7 Å². The molecule has 3 heterocycles. The first-order valence-corrected chi connectivity index (χ1v) is 8.36. The Morgan fingerprint density at radius 2 is 2.14 bits per heavy atom. The average Bonchev–Trinajstić information content (AvgIpc) is 2.93. The van der Waals surface area contributed by atoms with Crippen molar-refractivity contribution in [3.05, 3.63) is 57.4 Å². The number of thioether (sulfide) groups is 1. The number of aromatic nitrogens is 1. The lowest BCUT2D eigenvalue weighted by Gasteiger charge is -2.34. The fourth-order valence-corrected chi connectivity index (χ4v) is 3.67. The molecule has 1 amide bonds. The van der Waals surface area contributed by atoms with Crippen molar-refractivity contribution in [3.8, 4) is 0 Å². The summed E-state index contributed by atoms with van der Waals surface area (Å²) in [5.74, 6) is 3.02. The molecule has 3 rings (SSSR count). The highest BCUT2D eigenvalue weighted by Crippen LogP contribution is 2.31. The van der Waals surface area contributed by atoms with E-state index in [1.54, 1.807) is 35.7 Å². The monoisotopic (exact) mass is 318 g/mol. The van der Waals surface area contributed by atoms with Crippen molar-refractivity contribution in [2.24, 2.45) is 0 Å². The number of aryl methyl sites for hydroxylation is 2. The van der Waals surface area contributed by atoms with Gasteiger partial charge in [-0.3, -0.25) is 9.59 Å². The van der Waals surface area contributed by atoms with Crippen LogP contribution in [0, 0.1) is 13.8 Å². The molecule has 6 heteroatoms. The number of carbonyl (C=O) groups is 1. The van der Waals surface area contributed by atoms with Gasteiger partial charge in [0.15, 0.2) is 0 Å². The summed E-state index contributed by atoms with van der Waals surface area (Å²) in [5.41, 5.74) is 0.595. The zero-order valence-electron chi connectivity index (χ0n) is 12.6. The number of hydrogen-bond acceptors (Lipinski definition) is 4. The highest BCUT2D eigenvalue weighted by Gasteiger charge is 2.32. The van der Waals surface area contributed by atoms with E-state index in [1.165, 1.54) is 0 Å². The van der Waals surface area contributed by atoms with E-state index in [2.05, 4.69) is 4.98 Å². The third-order valence-electron chi connectivity index (χ3n) is 3.76. The molecule has 2 aromatic rings. The minimum absolute atomic E-state index is 0.124. The summed E-state index contributed by atoms with van der Waals surface area (Å²) in [5, 5.41) is 0. The Kier molecular flexibility index (Phi) is 4.11. The van der Waals surface area contributed by atoms with Gasteiger partial charge >= 0.3 is 0 Å². The number of pyridine rings is 1. The molecule has 116 valence electrons. The van der Waals surface area contributed by atoms with Crippen molar-refractivity contribution >= 4 is 17.7 Å². The van der Waals surface area contributed by atoms with Crippen LogP contribution in [0.4, 0.5) is 0 Å². The van der Waals surface area contributed by atoms with Crippen molar-refractivity contribution < 1.29 is 9.21 Å². The smallest absolute Gasteiger partial charge is 0.260 e. The van der Waals surface area contributed by atoms with Crippen LogP contribution in [0.2, 0.25) is 0 Å². The van der Waals surface area contributed by atoms with Gasteiger partial charge in [-0.1, -0.05) is 0 Å². The molecule has 1 saturated heterocycles. The van der Waals surface area contributed by atoms with Gasteiger partial charge in [-0.2, -0.15) is 11.8 Å². The first kappa shape index (κ1) is 15.0. The lowest BCUT2D eigenvalue weighted by Crippen LogP contribution is -2.42. The van der Waals surface area contributed by atoms with Gasteiger partial charge in [0.2, 0.25) is 0 Å². The SMILES string of the molecule is Cc1ccc(C(=O)N2CCSC[C@H]2c2ccc(C)o2)c(=O)[nH]1. The van der Waals surface area contributed by atoms with Gasteiger partial charge < -0.3 is 14.3 Å². The lowest BCUT2D eigenvalue weighted by atomic mass is 10.1. The molecule has 1 fully saturated rings. The third-order valence-corrected chi connectivity index (χ3v) is 4.79. The van der Waals surface area contributed by atoms with Crippen LogP contribution < -0.4 is 5.56 Å². The standard InChI is InChI=1S/C16H18N2O3S/c1-10-3-5-12(15(19)17-10)16(20)18-7-8-22-9-13(18)14-6-4-11(2)21-14/h3-6,13H,7-9H2,1-2H3,(H,17,19)/t13-/m0/s1. The molecule has 22 heavy (non-hydrogen) atoms. The third kappa shape index (κ3) is 2.83. The van der Waals surface area contributed by atoms with Crippen LogP contribution in [0.15, 0.2) is 33.5 Å². The highest BCUT2D eigenvalue weighted by molar-refractivity contribution is 7.99. The molecular weight excluding hydrogens is 300 g/mol. The first-order chi connectivity index (χ1) is 10.6. The molecule has 1 atom stereocenters. The van der Waals surface area contributed by atoms with Crippen molar-refractivity contribution in [1.29, 1.82) is 0 Å². The molecule has 0 aliphatic carbocycles. The first-order valence-electron chi connectivity index (χ1n) is 7.21. The van der Waals surface area contributed by atoms with Gasteiger partial charge in [0.25, 0.3) is 11.5 Å². The Bertz CT molecular complexity index is 750. The Morgan fingerprint density at radius 3 is 2.82 bits per heavy atom. The summed E-state index contributed by atoms with van der Waals surface area (Å²) < 4.78 is 5.70. The molecule has 0 aromatic carbocycles. The number of H-pyrrole nitrogens is 1. The van der Waals surface area contributed by atoms with Crippen LogP contribution in [0.5, 0.6) is 0 Å². The number of furan rings is 1. The second kappa shape index (κ2) is 6.04. The Balaban J connectivity index is 1.93. The Morgan fingerprint density at radius 1 is 1.32 bits per heavy atom. The van der Waals surface area contributed by atoms with Crippen LogP contribution >= 0.6 is 11.8 Å². The molecule has 1 N–H and O–H groups in total. The number of aromatic amines is 1. The van der Waals surface area contributed by atoms with Crippen molar-refractivity contribution in [2.75, 3.05) is 18.1 Å². The molecule has 0 saturated carbocycles. The van der Waals surface area contributed by atoms with Gasteiger partial charge in [0.05, 0.1) is 6.04 Å². The molecule has 0 spiro atoms. The van der Waals surface area contributed by atoms with E-state index in [9.17, 15) is 9.59 Å². The number of hydrogen-bond donors (Lipinski definition) is 1. The lowest BCUT2D eigenvalue weighted by molar-refractivity contribution is 0.0679. The fraction of sp³-hybridized carbons (Fsp3) is 0.375. The molecule has 1 aliphatic rings. The van der Waals surface area contributed by atoms with Crippen molar-refractivity contribution in [2.45, 2.75) is 19.9 Å². The maximum atomic E-state index is 12.8. The molecule has 5 nitrogen and oxygen atoms in total. The molecular formula is C16H18N2O3S. The zero-order valence-corrected chi connectivity index (χ0v) is 13.4. The summed E-state index contributed by atoms with van der Waals surface area (Å²) in [6.45, 7) is 4.29. The molecule has 0 bridgehead atoms. The maximum absolute atomic E-state index is 12.8. The van der Waals surface area contributed by atoms with Gasteiger partial charge in [-0.05, 0) is 38.1 Å². The largest absolute Gasteiger partial charge is 0.464 e. The topological polar surface area (TPSA) is 66.3 Å². The normalized spacial score (nSPS) is 18.5. The fourth-order valence-electron chi connectivity index (χ4n) is 2.61. The van der Waals surface area contributed by atoms with Crippen LogP contribution in [0.3, 0.4) is 0 Å². The quantitative estimate of drug-likeness (QED) is 0.924. The van der Waals surface area contributed by atoms with Crippen LogP contribution in [-0.4, -0.2) is 33.8 Å². The maximum Gasteiger partial charge on any atom is 0.260 e. The van der Waals surface area contributed by atoms with E-state index < -0.39 is 0 Å². The minimum atomic E-state index is -0.336. The molecule has 0 radical (unpaired) electrons. The minimum Gasteiger partial charge on any atom is -0.464 e. The molecule has 2 aromatic heterocycles. The van der Waals surface area contributed by atoms with E-state index >= 15 is 0 Å². The summed E-state index contributed by atoms with van der Waals surface area (Å²) in [6, 6.07) is 7.03. The van der Waals surface area contributed by atoms with Crippen LogP contribution in [0.25, 0.3) is 0 Å². The van der Waals surface area contributed by atoms with Crippen LogP contribution in [0.1, 0.15) is 33.6 Å². The van der Waals surface area contributed by atoms with Gasteiger partial charge in [-0.15, -0.1) is 0 Å². The average molecular weight is 318 g/mol. The van der Waals surface area contributed by atoms with Gasteiger partial charge in [-0.25, -0.2) is 0 Å². The zero-order chi connectivity index (χ0) is 15.7. The van der Waals surface area contributed by atoms with Crippen molar-refractivity contribution in [1.82, 2.24) is 9.88 Å². The van der Waals surface area contributed by atoms with E-state index in [1.807, 2.05) is 19.1 Å². The number of nitrogens with one attached hydrogen (secondary N) is 1. The second-order valence-corrected chi connectivity index (χ2v) is 6.57. The van der Waals surface area contributed by atoms with E-state index in [0.717, 1.165) is 28.7 Å². The molecule has 1 aliphatic heterocycles. The van der Waals surface area contributed by atoms with E-state index in [0.29, 0.717) is 6.54 Å².